The summed E-state index contributed by atoms with van der Waals surface area (Å²) in [5, 5.41) is 7.53. The monoisotopic (exact) mass is 448 g/mol. The molecule has 1 fully saturated rings. The van der Waals surface area contributed by atoms with E-state index in [0.717, 1.165) is 15.6 Å². The highest BCUT2D eigenvalue weighted by molar-refractivity contribution is 7.88. The van der Waals surface area contributed by atoms with Gasteiger partial charge in [0, 0.05) is 31.6 Å². The van der Waals surface area contributed by atoms with Gasteiger partial charge in [0.1, 0.15) is 10.7 Å². The third-order valence-electron chi connectivity index (χ3n) is 4.67. The number of anilines is 2. The van der Waals surface area contributed by atoms with Crippen LogP contribution in [-0.4, -0.2) is 56.0 Å². The van der Waals surface area contributed by atoms with Crippen LogP contribution in [0.3, 0.4) is 0 Å². The number of para-hydroxylation sites is 2. The summed E-state index contributed by atoms with van der Waals surface area (Å²) >= 11 is 3.04. The number of nitrogens with one attached hydrogen (secondary N) is 1. The summed E-state index contributed by atoms with van der Waals surface area (Å²) in [6.45, 7) is 1.99. The molecule has 0 spiro atoms. The minimum atomic E-state index is -3.18. The van der Waals surface area contributed by atoms with Crippen molar-refractivity contribution >= 4 is 50.0 Å². The van der Waals surface area contributed by atoms with E-state index in [-0.39, 0.29) is 5.91 Å². The highest BCUT2D eigenvalue weighted by Gasteiger charge is 2.25. The van der Waals surface area contributed by atoms with Gasteiger partial charge in [0.05, 0.1) is 22.5 Å². The number of hydrogen-bond acceptors (Lipinski definition) is 7. The lowest BCUT2D eigenvalue weighted by Crippen LogP contribution is -2.48. The average Bonchev–Trinajstić information content (AvgIpc) is 3.39. The predicted molar refractivity (Wildman–Crippen MR) is 118 cm³/mol. The molecular formula is C19H20N4O3S3. The summed E-state index contributed by atoms with van der Waals surface area (Å²) in [7, 11) is -3.18. The van der Waals surface area contributed by atoms with Gasteiger partial charge in [0.25, 0.3) is 5.91 Å². The van der Waals surface area contributed by atoms with Crippen LogP contribution in [0.1, 0.15) is 10.5 Å². The van der Waals surface area contributed by atoms with Crippen LogP contribution in [0.2, 0.25) is 0 Å². The van der Waals surface area contributed by atoms with Crippen LogP contribution in [0.25, 0.3) is 9.88 Å². The van der Waals surface area contributed by atoms with Gasteiger partial charge in [-0.1, -0.05) is 18.2 Å². The molecule has 1 saturated heterocycles. The van der Waals surface area contributed by atoms with Crippen molar-refractivity contribution in [3.05, 3.63) is 52.9 Å². The van der Waals surface area contributed by atoms with Crippen molar-refractivity contribution in [2.75, 3.05) is 42.7 Å². The number of thiazole rings is 1. The lowest BCUT2D eigenvalue weighted by Gasteiger charge is -2.35. The highest BCUT2D eigenvalue weighted by Crippen LogP contribution is 2.30. The fraction of sp³-hybridized carbons (Fsp3) is 0.263. The van der Waals surface area contributed by atoms with Crippen LogP contribution in [0.15, 0.2) is 47.2 Å². The molecule has 1 N–H and O–H groups in total. The number of carbonyl (C=O) groups excluding carboxylic acids is 1. The molecule has 29 heavy (non-hydrogen) atoms. The molecule has 1 aliphatic heterocycles. The Labute approximate surface area is 177 Å². The van der Waals surface area contributed by atoms with Crippen molar-refractivity contribution in [1.29, 1.82) is 0 Å². The highest BCUT2D eigenvalue weighted by atomic mass is 32.2. The molecule has 152 valence electrons. The first kappa shape index (κ1) is 20.0. The Balaban J connectivity index is 1.48. The van der Waals surface area contributed by atoms with Crippen LogP contribution in [-0.2, 0) is 10.0 Å². The number of amides is 1. The summed E-state index contributed by atoms with van der Waals surface area (Å²) in [5.41, 5.74) is 1.95. The first-order valence-electron chi connectivity index (χ1n) is 9.02. The van der Waals surface area contributed by atoms with E-state index in [2.05, 4.69) is 15.2 Å². The summed E-state index contributed by atoms with van der Waals surface area (Å²) in [6, 6.07) is 11.5. The fourth-order valence-electron chi connectivity index (χ4n) is 3.19. The van der Waals surface area contributed by atoms with E-state index < -0.39 is 10.0 Å². The number of carbonyl (C=O) groups is 1. The third kappa shape index (κ3) is 4.50. The van der Waals surface area contributed by atoms with Gasteiger partial charge in [-0.25, -0.2) is 13.4 Å². The van der Waals surface area contributed by atoms with Crippen LogP contribution < -0.4 is 10.2 Å². The second kappa shape index (κ2) is 8.23. The second-order valence-electron chi connectivity index (χ2n) is 6.64. The number of rotatable bonds is 5. The molecule has 1 amide bonds. The average molecular weight is 449 g/mol. The SMILES string of the molecule is CS(=O)(=O)N1CCN(c2ccccc2NC(=O)c2csc(-c3cccs3)n2)CC1. The Bertz CT molecular complexity index is 1100. The number of nitrogens with zero attached hydrogens (tertiary/aromatic N) is 3. The molecule has 7 nitrogen and oxygen atoms in total. The zero-order valence-corrected chi connectivity index (χ0v) is 18.2. The van der Waals surface area contributed by atoms with E-state index in [9.17, 15) is 13.2 Å². The minimum Gasteiger partial charge on any atom is -0.367 e. The number of sulfonamides is 1. The molecule has 0 radical (unpaired) electrons. The van der Waals surface area contributed by atoms with Gasteiger partial charge in [0.15, 0.2) is 0 Å². The van der Waals surface area contributed by atoms with Gasteiger partial charge in [-0.3, -0.25) is 4.79 Å². The Hall–Kier alpha value is -2.27. The van der Waals surface area contributed by atoms with Gasteiger partial charge in [-0.05, 0) is 23.6 Å². The molecule has 2 aromatic heterocycles. The Morgan fingerprint density at radius 1 is 1.07 bits per heavy atom. The molecule has 3 heterocycles. The Morgan fingerprint density at radius 3 is 2.52 bits per heavy atom. The summed E-state index contributed by atoms with van der Waals surface area (Å²) < 4.78 is 24.9. The first-order chi connectivity index (χ1) is 13.9. The van der Waals surface area contributed by atoms with Crippen LogP contribution >= 0.6 is 22.7 Å². The second-order valence-corrected chi connectivity index (χ2v) is 10.4. The van der Waals surface area contributed by atoms with Crippen molar-refractivity contribution < 1.29 is 13.2 Å². The number of hydrogen-bond donors (Lipinski definition) is 1. The van der Waals surface area contributed by atoms with E-state index in [1.54, 1.807) is 16.7 Å². The van der Waals surface area contributed by atoms with E-state index in [1.165, 1.54) is 21.9 Å². The first-order valence-corrected chi connectivity index (χ1v) is 12.6. The topological polar surface area (TPSA) is 82.6 Å². The van der Waals surface area contributed by atoms with Gasteiger partial charge in [-0.2, -0.15) is 4.31 Å². The van der Waals surface area contributed by atoms with E-state index in [4.69, 9.17) is 0 Å². The number of thiophene rings is 1. The molecule has 0 saturated carbocycles. The minimum absolute atomic E-state index is 0.258. The van der Waals surface area contributed by atoms with Crippen molar-refractivity contribution in [1.82, 2.24) is 9.29 Å². The van der Waals surface area contributed by atoms with E-state index in [0.29, 0.717) is 37.6 Å². The quantitative estimate of drug-likeness (QED) is 0.648. The van der Waals surface area contributed by atoms with Crippen molar-refractivity contribution in [2.24, 2.45) is 0 Å². The zero-order chi connectivity index (χ0) is 20.4. The van der Waals surface area contributed by atoms with Crippen molar-refractivity contribution in [3.63, 3.8) is 0 Å². The van der Waals surface area contributed by atoms with Crippen LogP contribution in [0.5, 0.6) is 0 Å². The van der Waals surface area contributed by atoms with Gasteiger partial charge >= 0.3 is 0 Å². The predicted octanol–water partition coefficient (Wildman–Crippen LogP) is 3.21. The number of aromatic nitrogens is 1. The van der Waals surface area contributed by atoms with Crippen LogP contribution in [0.4, 0.5) is 11.4 Å². The maximum absolute atomic E-state index is 12.7. The van der Waals surface area contributed by atoms with Gasteiger partial charge < -0.3 is 10.2 Å². The largest absolute Gasteiger partial charge is 0.367 e. The lowest BCUT2D eigenvalue weighted by atomic mass is 10.2. The molecule has 0 atom stereocenters. The molecule has 1 aromatic carbocycles. The van der Waals surface area contributed by atoms with E-state index >= 15 is 0 Å². The van der Waals surface area contributed by atoms with Crippen LogP contribution in [0, 0.1) is 0 Å². The standard InChI is InChI=1S/C19H20N4O3S3/c1-29(25,26)23-10-8-22(9-11-23)16-6-3-2-5-14(16)20-18(24)15-13-28-19(21-15)17-7-4-12-27-17/h2-7,12-13H,8-11H2,1H3,(H,20,24). The molecule has 10 heteroatoms. The zero-order valence-electron chi connectivity index (χ0n) is 15.7. The maximum Gasteiger partial charge on any atom is 0.275 e. The molecular weight excluding hydrogens is 428 g/mol. The van der Waals surface area contributed by atoms with Gasteiger partial charge in [0.2, 0.25) is 10.0 Å². The molecule has 4 rings (SSSR count). The maximum atomic E-state index is 12.7. The summed E-state index contributed by atoms with van der Waals surface area (Å²) in [4.78, 5) is 20.3. The smallest absolute Gasteiger partial charge is 0.275 e. The lowest BCUT2D eigenvalue weighted by molar-refractivity contribution is 0.102. The summed E-state index contributed by atoms with van der Waals surface area (Å²) in [6.07, 6.45) is 1.23. The fourth-order valence-corrected chi connectivity index (χ4v) is 5.63. The molecule has 1 aliphatic rings. The number of piperazine rings is 1. The summed E-state index contributed by atoms with van der Waals surface area (Å²) in [5.74, 6) is -0.258. The van der Waals surface area contributed by atoms with Gasteiger partial charge in [-0.15, -0.1) is 22.7 Å². The molecule has 0 aliphatic carbocycles. The number of benzene rings is 1. The third-order valence-corrected chi connectivity index (χ3v) is 7.85. The molecule has 0 unspecified atom stereocenters. The normalized spacial score (nSPS) is 15.4. The molecule has 3 aromatic rings. The van der Waals surface area contributed by atoms with E-state index in [1.807, 2.05) is 41.8 Å². The Morgan fingerprint density at radius 2 is 1.83 bits per heavy atom. The molecule has 0 bridgehead atoms. The van der Waals surface area contributed by atoms with Crippen molar-refractivity contribution in [3.8, 4) is 9.88 Å². The van der Waals surface area contributed by atoms with Crippen molar-refractivity contribution in [2.45, 2.75) is 0 Å². The Kier molecular flexibility index (Phi) is 5.68.